The van der Waals surface area contributed by atoms with Crippen LogP contribution in [0.5, 0.6) is 0 Å². The highest BCUT2D eigenvalue weighted by atomic mass is 127. The van der Waals surface area contributed by atoms with Crippen molar-refractivity contribution in [1.82, 2.24) is 5.06 Å². The van der Waals surface area contributed by atoms with Crippen molar-refractivity contribution in [2.24, 2.45) is 5.92 Å². The molecule has 1 saturated heterocycles. The van der Waals surface area contributed by atoms with E-state index < -0.39 is 17.0 Å². The van der Waals surface area contributed by atoms with Crippen molar-refractivity contribution in [2.45, 2.75) is 45.2 Å². The molecule has 1 rings (SSSR count). The van der Waals surface area contributed by atoms with E-state index in [0.717, 1.165) is 0 Å². The number of hydrogen-bond acceptors (Lipinski definition) is 6. The predicted octanol–water partition coefficient (Wildman–Crippen LogP) is 1.78. The number of carbonyl (C=O) groups excluding carboxylic acids is 2. The fourth-order valence-corrected chi connectivity index (χ4v) is 2.79. The second-order valence-electron chi connectivity index (χ2n) is 6.06. The number of hydroxylamine groups is 2. The van der Waals surface area contributed by atoms with Gasteiger partial charge in [0.2, 0.25) is 0 Å². The van der Waals surface area contributed by atoms with Gasteiger partial charge in [-0.2, -0.15) is 5.06 Å². The summed E-state index contributed by atoms with van der Waals surface area (Å²) in [6, 6.07) is 0. The highest BCUT2D eigenvalue weighted by molar-refractivity contribution is 14.1. The van der Waals surface area contributed by atoms with Crippen LogP contribution in [0.4, 0.5) is 0 Å². The normalized spacial score (nSPS) is 24.4. The fraction of sp³-hybridized carbons (Fsp3) is 0.846. The molecule has 1 aliphatic heterocycles. The number of hydrogen-bond donors (Lipinski definition) is 1. The van der Waals surface area contributed by atoms with Gasteiger partial charge >= 0.3 is 11.9 Å². The molecule has 0 aromatic rings. The first-order valence-electron chi connectivity index (χ1n) is 6.50. The summed E-state index contributed by atoms with van der Waals surface area (Å²) in [5.41, 5.74) is -1.15. The van der Waals surface area contributed by atoms with Gasteiger partial charge in [-0.05, 0) is 34.1 Å². The van der Waals surface area contributed by atoms with E-state index in [-0.39, 0.29) is 29.6 Å². The summed E-state index contributed by atoms with van der Waals surface area (Å²) in [6.45, 7) is 7.48. The second kappa shape index (κ2) is 6.57. The number of carbonyl (C=O) groups is 2. The molecule has 0 spiro atoms. The van der Waals surface area contributed by atoms with Crippen molar-refractivity contribution < 1.29 is 24.3 Å². The largest absolute Gasteiger partial charge is 0.462 e. The van der Waals surface area contributed by atoms with Gasteiger partial charge in [0.15, 0.2) is 0 Å². The average Bonchev–Trinajstić information content (AvgIpc) is 2.54. The maximum atomic E-state index is 12.1. The van der Waals surface area contributed by atoms with Crippen LogP contribution in [0, 0.1) is 5.92 Å². The number of halogens is 1. The Balaban J connectivity index is 2.50. The Morgan fingerprint density at radius 3 is 2.25 bits per heavy atom. The van der Waals surface area contributed by atoms with Crippen molar-refractivity contribution in [3.8, 4) is 0 Å². The van der Waals surface area contributed by atoms with Gasteiger partial charge in [0.25, 0.3) is 0 Å². The van der Waals surface area contributed by atoms with Gasteiger partial charge in [0.1, 0.15) is 13.2 Å². The van der Waals surface area contributed by atoms with E-state index >= 15 is 0 Å². The monoisotopic (exact) mass is 399 g/mol. The molecule has 0 bridgehead atoms. The molecule has 7 heteroatoms. The van der Waals surface area contributed by atoms with Crippen LogP contribution in [-0.4, -0.2) is 50.9 Å². The first kappa shape index (κ1) is 17.6. The van der Waals surface area contributed by atoms with Crippen molar-refractivity contribution >= 4 is 34.5 Å². The van der Waals surface area contributed by atoms with Crippen LogP contribution >= 0.6 is 22.6 Å². The number of alkyl halides is 1. The molecule has 1 atom stereocenters. The van der Waals surface area contributed by atoms with Gasteiger partial charge in [0.05, 0.1) is 15.9 Å². The van der Waals surface area contributed by atoms with E-state index in [1.807, 2.05) is 50.3 Å². The highest BCUT2D eigenvalue weighted by Gasteiger charge is 2.54. The molecule has 1 aliphatic rings. The Kier molecular flexibility index (Phi) is 5.79. The molecule has 6 nitrogen and oxygen atoms in total. The molecule has 20 heavy (non-hydrogen) atoms. The third-order valence-corrected chi connectivity index (χ3v) is 4.28. The predicted molar refractivity (Wildman–Crippen MR) is 80.7 cm³/mol. The van der Waals surface area contributed by atoms with Crippen LogP contribution in [0.2, 0.25) is 0 Å². The average molecular weight is 399 g/mol. The third kappa shape index (κ3) is 3.82. The Hall–Kier alpha value is -0.410. The molecule has 0 aromatic heterocycles. The molecule has 1 unspecified atom stereocenters. The summed E-state index contributed by atoms with van der Waals surface area (Å²) >= 11 is 1.90. The van der Waals surface area contributed by atoms with Crippen molar-refractivity contribution in [2.75, 3.05) is 17.6 Å². The SMILES string of the molecule is CC1(C)CC(C(=O)OCCOC(=O)CI)C(C)(C)N1O. The van der Waals surface area contributed by atoms with Crippen molar-refractivity contribution in [3.05, 3.63) is 0 Å². The lowest BCUT2D eigenvalue weighted by molar-refractivity contribution is -0.200. The zero-order chi connectivity index (χ0) is 15.6. The van der Waals surface area contributed by atoms with Gasteiger partial charge in [-0.25, -0.2) is 0 Å². The first-order chi connectivity index (χ1) is 9.13. The fourth-order valence-electron chi connectivity index (χ4n) is 2.57. The zero-order valence-corrected chi connectivity index (χ0v) is 14.5. The number of nitrogens with zero attached hydrogens (tertiary/aromatic N) is 1. The molecular formula is C13H22INO5. The Bertz CT molecular complexity index is 383. The standard InChI is InChI=1S/C13H22INO5/c1-12(2)7-9(13(3,4)15(12)18)11(17)20-6-5-19-10(16)8-14/h9,18H,5-8H2,1-4H3. The lowest BCUT2D eigenvalue weighted by Gasteiger charge is -2.35. The van der Waals surface area contributed by atoms with E-state index in [0.29, 0.717) is 6.42 Å². The molecular weight excluding hydrogens is 377 g/mol. The van der Waals surface area contributed by atoms with Crippen LogP contribution in [0.25, 0.3) is 0 Å². The zero-order valence-electron chi connectivity index (χ0n) is 12.3. The number of esters is 2. The first-order valence-corrected chi connectivity index (χ1v) is 8.03. The van der Waals surface area contributed by atoms with Crippen molar-refractivity contribution in [3.63, 3.8) is 0 Å². The van der Waals surface area contributed by atoms with Crippen LogP contribution in [0.1, 0.15) is 34.1 Å². The molecule has 0 saturated carbocycles. The van der Waals surface area contributed by atoms with E-state index in [1.54, 1.807) is 0 Å². The molecule has 0 amide bonds. The minimum Gasteiger partial charge on any atom is -0.462 e. The van der Waals surface area contributed by atoms with Crippen LogP contribution in [0.3, 0.4) is 0 Å². The van der Waals surface area contributed by atoms with Gasteiger partial charge in [-0.1, -0.05) is 22.6 Å². The summed E-state index contributed by atoms with van der Waals surface area (Å²) in [5.74, 6) is -1.11. The van der Waals surface area contributed by atoms with Gasteiger partial charge in [-0.15, -0.1) is 0 Å². The van der Waals surface area contributed by atoms with E-state index in [9.17, 15) is 14.8 Å². The van der Waals surface area contributed by atoms with Gasteiger partial charge in [0, 0.05) is 5.54 Å². The lowest BCUT2D eigenvalue weighted by Crippen LogP contribution is -2.48. The minimum atomic E-state index is -0.681. The molecule has 0 radical (unpaired) electrons. The summed E-state index contributed by atoms with van der Waals surface area (Å²) in [6.07, 6.45) is 0.517. The smallest absolute Gasteiger partial charge is 0.315 e. The van der Waals surface area contributed by atoms with E-state index in [2.05, 4.69) is 0 Å². The second-order valence-corrected chi connectivity index (χ2v) is 6.82. The molecule has 1 fully saturated rings. The van der Waals surface area contributed by atoms with Gasteiger partial charge in [-0.3, -0.25) is 9.59 Å². The molecule has 1 N–H and O–H groups in total. The van der Waals surface area contributed by atoms with Crippen LogP contribution in [-0.2, 0) is 19.1 Å². The molecule has 0 aliphatic carbocycles. The van der Waals surface area contributed by atoms with Crippen molar-refractivity contribution in [1.29, 1.82) is 0 Å². The van der Waals surface area contributed by atoms with Gasteiger partial charge < -0.3 is 14.7 Å². The lowest BCUT2D eigenvalue weighted by atomic mass is 9.87. The van der Waals surface area contributed by atoms with E-state index in [1.165, 1.54) is 5.06 Å². The molecule has 1 heterocycles. The maximum Gasteiger partial charge on any atom is 0.315 e. The van der Waals surface area contributed by atoms with E-state index in [4.69, 9.17) is 9.47 Å². The molecule has 116 valence electrons. The Morgan fingerprint density at radius 1 is 1.25 bits per heavy atom. The maximum absolute atomic E-state index is 12.1. The summed E-state index contributed by atoms with van der Waals surface area (Å²) in [5, 5.41) is 11.4. The quantitative estimate of drug-likeness (QED) is 0.329. The third-order valence-electron chi connectivity index (χ3n) is 3.66. The van der Waals surface area contributed by atoms with Crippen LogP contribution in [0.15, 0.2) is 0 Å². The topological polar surface area (TPSA) is 76.1 Å². The summed E-state index contributed by atoms with van der Waals surface area (Å²) < 4.78 is 10.2. The minimum absolute atomic E-state index is 0.0413. The Morgan fingerprint density at radius 2 is 1.80 bits per heavy atom. The highest BCUT2D eigenvalue weighted by Crippen LogP contribution is 2.43. The van der Waals surface area contributed by atoms with Crippen LogP contribution < -0.4 is 0 Å². The Labute approximate surface area is 132 Å². The summed E-state index contributed by atoms with van der Waals surface area (Å²) in [4.78, 5) is 23.0. The summed E-state index contributed by atoms with van der Waals surface area (Å²) in [7, 11) is 0. The number of rotatable bonds is 5. The molecule has 0 aromatic carbocycles. The number of ether oxygens (including phenoxy) is 2.